The van der Waals surface area contributed by atoms with Gasteiger partial charge in [0.2, 0.25) is 10.0 Å². The predicted molar refractivity (Wildman–Crippen MR) is 138 cm³/mol. The minimum Gasteiger partial charge on any atom is -0.378 e. The molecule has 1 unspecified atom stereocenters. The molecule has 1 aliphatic carbocycles. The molecule has 1 aliphatic heterocycles. The summed E-state index contributed by atoms with van der Waals surface area (Å²) in [6, 6.07) is 19.1. The molecule has 1 atom stereocenters. The summed E-state index contributed by atoms with van der Waals surface area (Å²) in [5.74, 6) is 0. The molecule has 0 aromatic heterocycles. The number of nitrogens with one attached hydrogen (secondary N) is 1. The van der Waals surface area contributed by atoms with E-state index in [1.54, 1.807) is 0 Å². The highest BCUT2D eigenvalue weighted by atomic mass is 32.2. The van der Waals surface area contributed by atoms with Crippen LogP contribution in [0.15, 0.2) is 54.6 Å². The number of benzene rings is 2. The largest absolute Gasteiger partial charge is 0.378 e. The predicted octanol–water partition coefficient (Wildman–Crippen LogP) is 3.87. The Hall–Kier alpha value is -2.09. The molecule has 0 radical (unpaired) electrons. The van der Waals surface area contributed by atoms with E-state index in [2.05, 4.69) is 68.0 Å². The van der Waals surface area contributed by atoms with Gasteiger partial charge in [-0.3, -0.25) is 4.90 Å². The first-order chi connectivity index (χ1) is 15.9. The first kappa shape index (κ1) is 24.0. The molecule has 1 heterocycles. The summed E-state index contributed by atoms with van der Waals surface area (Å²) in [6.07, 6.45) is 4.75. The Bertz CT molecular complexity index is 965. The van der Waals surface area contributed by atoms with Crippen LogP contribution in [-0.4, -0.2) is 65.4 Å². The molecular weight excluding hydrogens is 432 g/mol. The fraction of sp³-hybridized carbons (Fsp3) is 0.538. The van der Waals surface area contributed by atoms with E-state index >= 15 is 0 Å². The van der Waals surface area contributed by atoms with Crippen molar-refractivity contribution in [2.45, 2.75) is 43.4 Å². The van der Waals surface area contributed by atoms with Crippen LogP contribution >= 0.6 is 0 Å². The second kappa shape index (κ2) is 10.9. The number of piperazine rings is 1. The number of nitrogens with zero attached hydrogens (tertiary/aromatic N) is 3. The number of rotatable bonds is 8. The zero-order valence-electron chi connectivity index (χ0n) is 20.0. The number of hydrogen-bond acceptors (Lipinski definition) is 5. The van der Waals surface area contributed by atoms with Gasteiger partial charge in [0.1, 0.15) is 0 Å². The Kier molecular flexibility index (Phi) is 7.94. The van der Waals surface area contributed by atoms with E-state index < -0.39 is 10.0 Å². The summed E-state index contributed by atoms with van der Waals surface area (Å²) in [7, 11) is 0.775. The number of para-hydroxylation sites is 1. The molecular formula is C26H38N4O2S. The van der Waals surface area contributed by atoms with Crippen molar-refractivity contribution >= 4 is 21.4 Å². The summed E-state index contributed by atoms with van der Waals surface area (Å²) in [4.78, 5) is 6.94. The molecule has 180 valence electrons. The lowest BCUT2D eigenvalue weighted by molar-refractivity contribution is 0.187. The Labute approximate surface area is 199 Å². The van der Waals surface area contributed by atoms with Crippen LogP contribution in [0.2, 0.25) is 0 Å². The molecule has 0 amide bonds. The molecule has 2 aliphatic rings. The fourth-order valence-corrected chi connectivity index (χ4v) is 6.65. The molecule has 2 fully saturated rings. The van der Waals surface area contributed by atoms with Crippen molar-refractivity contribution in [3.05, 3.63) is 60.2 Å². The van der Waals surface area contributed by atoms with Crippen molar-refractivity contribution in [3.63, 3.8) is 0 Å². The average molecular weight is 471 g/mol. The second-order valence-electron chi connectivity index (χ2n) is 9.51. The van der Waals surface area contributed by atoms with Gasteiger partial charge in [0.25, 0.3) is 0 Å². The minimum atomic E-state index is -3.30. The molecule has 33 heavy (non-hydrogen) atoms. The summed E-state index contributed by atoms with van der Waals surface area (Å²) in [6.45, 7) is 4.10. The molecule has 1 saturated carbocycles. The number of sulfonamides is 1. The highest BCUT2D eigenvalue weighted by Crippen LogP contribution is 2.27. The van der Waals surface area contributed by atoms with E-state index in [4.69, 9.17) is 0 Å². The van der Waals surface area contributed by atoms with Crippen molar-refractivity contribution in [2.75, 3.05) is 56.6 Å². The van der Waals surface area contributed by atoms with Crippen LogP contribution in [0, 0.1) is 0 Å². The molecule has 2 aromatic carbocycles. The molecule has 2 aromatic rings. The monoisotopic (exact) mass is 470 g/mol. The molecule has 0 bridgehead atoms. The molecule has 1 saturated heterocycles. The maximum Gasteiger partial charge on any atom is 0.214 e. The third kappa shape index (κ3) is 6.08. The van der Waals surface area contributed by atoms with Gasteiger partial charge in [0.15, 0.2) is 0 Å². The maximum absolute atomic E-state index is 13.0. The van der Waals surface area contributed by atoms with Gasteiger partial charge < -0.3 is 9.80 Å². The maximum atomic E-state index is 13.0. The van der Waals surface area contributed by atoms with Crippen LogP contribution in [0.4, 0.5) is 11.4 Å². The van der Waals surface area contributed by atoms with Crippen molar-refractivity contribution in [2.24, 2.45) is 0 Å². The SMILES string of the molecule is CN(C)c1ccc(C(CNS(=O)(=O)C2CCCCC2)N2CCN(c3ccccc3)CC2)cc1. The molecule has 7 heteroatoms. The number of hydrogen-bond donors (Lipinski definition) is 1. The van der Waals surface area contributed by atoms with Crippen molar-refractivity contribution in [3.8, 4) is 0 Å². The Morgan fingerprint density at radius 2 is 1.55 bits per heavy atom. The third-order valence-corrected chi connectivity index (χ3v) is 9.06. The smallest absolute Gasteiger partial charge is 0.214 e. The van der Waals surface area contributed by atoms with Crippen LogP contribution in [0.25, 0.3) is 0 Å². The van der Waals surface area contributed by atoms with Crippen LogP contribution in [0.1, 0.15) is 43.7 Å². The lowest BCUT2D eigenvalue weighted by atomic mass is 10.0. The van der Waals surface area contributed by atoms with Crippen molar-refractivity contribution in [1.29, 1.82) is 0 Å². The van der Waals surface area contributed by atoms with Crippen molar-refractivity contribution in [1.82, 2.24) is 9.62 Å². The van der Waals surface area contributed by atoms with Gasteiger partial charge in [0, 0.05) is 64.2 Å². The second-order valence-corrected chi connectivity index (χ2v) is 11.6. The van der Waals surface area contributed by atoms with Crippen LogP contribution in [0.3, 0.4) is 0 Å². The lowest BCUT2D eigenvalue weighted by Crippen LogP contribution is -2.50. The van der Waals surface area contributed by atoms with Crippen LogP contribution in [0.5, 0.6) is 0 Å². The summed E-state index contributed by atoms with van der Waals surface area (Å²) in [5.41, 5.74) is 3.57. The first-order valence-corrected chi connectivity index (χ1v) is 13.8. The zero-order chi connectivity index (χ0) is 23.3. The third-order valence-electron chi connectivity index (χ3n) is 7.14. The quantitative estimate of drug-likeness (QED) is 0.635. The molecule has 6 nitrogen and oxygen atoms in total. The van der Waals surface area contributed by atoms with Gasteiger partial charge in [-0.05, 0) is 42.7 Å². The summed E-state index contributed by atoms with van der Waals surface area (Å²) < 4.78 is 29.1. The Morgan fingerprint density at radius 1 is 0.909 bits per heavy atom. The zero-order valence-corrected chi connectivity index (χ0v) is 20.8. The van der Waals surface area contributed by atoms with Crippen LogP contribution in [-0.2, 0) is 10.0 Å². The van der Waals surface area contributed by atoms with Gasteiger partial charge in [-0.15, -0.1) is 0 Å². The number of anilines is 2. The Morgan fingerprint density at radius 3 is 2.15 bits per heavy atom. The normalized spacial score (nSPS) is 19.4. The van der Waals surface area contributed by atoms with E-state index in [9.17, 15) is 8.42 Å². The summed E-state index contributed by atoms with van der Waals surface area (Å²) >= 11 is 0. The standard InChI is InChI=1S/C26H38N4O2S/c1-28(2)23-15-13-22(14-16-23)26(21-27-33(31,32)25-11-7-4-8-12-25)30-19-17-29(18-20-30)24-9-5-3-6-10-24/h3,5-6,9-10,13-16,25-27H,4,7-8,11-12,17-21H2,1-2H3. The molecule has 4 rings (SSSR count). The van der Waals surface area contributed by atoms with Crippen molar-refractivity contribution < 1.29 is 8.42 Å². The fourth-order valence-electron chi connectivity index (χ4n) is 5.07. The van der Waals surface area contributed by atoms with E-state index in [-0.39, 0.29) is 11.3 Å². The van der Waals surface area contributed by atoms with E-state index in [0.717, 1.165) is 64.0 Å². The van der Waals surface area contributed by atoms with Gasteiger partial charge in [-0.1, -0.05) is 49.6 Å². The molecule has 0 spiro atoms. The first-order valence-electron chi connectivity index (χ1n) is 12.2. The Balaban J connectivity index is 1.48. The van der Waals surface area contributed by atoms with Gasteiger partial charge >= 0.3 is 0 Å². The topological polar surface area (TPSA) is 55.9 Å². The minimum absolute atomic E-state index is 0.0255. The summed E-state index contributed by atoms with van der Waals surface area (Å²) in [5, 5.41) is -0.238. The average Bonchev–Trinajstić information content (AvgIpc) is 2.86. The van der Waals surface area contributed by atoms with E-state index in [1.165, 1.54) is 11.3 Å². The van der Waals surface area contributed by atoms with Gasteiger partial charge in [-0.2, -0.15) is 0 Å². The molecule has 1 N–H and O–H groups in total. The lowest BCUT2D eigenvalue weighted by Gasteiger charge is -2.40. The highest BCUT2D eigenvalue weighted by Gasteiger charge is 2.30. The van der Waals surface area contributed by atoms with E-state index in [0.29, 0.717) is 6.54 Å². The van der Waals surface area contributed by atoms with Gasteiger partial charge in [-0.25, -0.2) is 13.1 Å². The van der Waals surface area contributed by atoms with E-state index in [1.807, 2.05) is 20.2 Å². The van der Waals surface area contributed by atoms with Gasteiger partial charge in [0.05, 0.1) is 5.25 Å². The van der Waals surface area contributed by atoms with Crippen LogP contribution < -0.4 is 14.5 Å². The highest BCUT2D eigenvalue weighted by molar-refractivity contribution is 7.90.